The van der Waals surface area contributed by atoms with Crippen molar-refractivity contribution in [2.24, 2.45) is 0 Å². The van der Waals surface area contributed by atoms with Crippen molar-refractivity contribution in [3.8, 4) is 0 Å². The highest BCUT2D eigenvalue weighted by molar-refractivity contribution is 8.15. The SMILES string of the molecule is C[SH](C)c1ccc2ccncc2c1. The Morgan fingerprint density at radius 2 is 1.92 bits per heavy atom. The van der Waals surface area contributed by atoms with Gasteiger partial charge in [0.2, 0.25) is 0 Å². The molecule has 0 atom stereocenters. The van der Waals surface area contributed by atoms with E-state index in [9.17, 15) is 0 Å². The summed E-state index contributed by atoms with van der Waals surface area (Å²) in [6.45, 7) is 0. The van der Waals surface area contributed by atoms with Crippen LogP contribution in [-0.4, -0.2) is 17.5 Å². The molecule has 2 heteroatoms. The van der Waals surface area contributed by atoms with Crippen molar-refractivity contribution in [2.75, 3.05) is 12.5 Å². The van der Waals surface area contributed by atoms with Crippen molar-refractivity contribution in [1.29, 1.82) is 0 Å². The van der Waals surface area contributed by atoms with E-state index in [4.69, 9.17) is 0 Å². The van der Waals surface area contributed by atoms with Gasteiger partial charge in [-0.2, -0.15) is 0 Å². The minimum absolute atomic E-state index is 0.00344. The lowest BCUT2D eigenvalue weighted by Gasteiger charge is -2.09. The minimum atomic E-state index is 0.00344. The molecule has 2 rings (SSSR count). The smallest absolute Gasteiger partial charge is 0.0346 e. The molecule has 0 saturated carbocycles. The van der Waals surface area contributed by atoms with Crippen molar-refractivity contribution in [3.63, 3.8) is 0 Å². The van der Waals surface area contributed by atoms with Gasteiger partial charge in [-0.05, 0) is 41.0 Å². The molecule has 0 bridgehead atoms. The van der Waals surface area contributed by atoms with Gasteiger partial charge in [0.15, 0.2) is 0 Å². The summed E-state index contributed by atoms with van der Waals surface area (Å²) < 4.78 is 0. The monoisotopic (exact) mass is 191 g/mol. The second-order valence-electron chi connectivity index (χ2n) is 3.30. The molecule has 2 aromatic rings. The average molecular weight is 191 g/mol. The Bertz CT molecular complexity index is 423. The maximum absolute atomic E-state index is 4.12. The highest BCUT2D eigenvalue weighted by Crippen LogP contribution is 2.30. The van der Waals surface area contributed by atoms with Crippen LogP contribution < -0.4 is 0 Å². The van der Waals surface area contributed by atoms with Crippen LogP contribution in [0.3, 0.4) is 0 Å². The van der Waals surface area contributed by atoms with Gasteiger partial charge in [0.25, 0.3) is 0 Å². The van der Waals surface area contributed by atoms with Crippen LogP contribution in [0.15, 0.2) is 41.6 Å². The maximum atomic E-state index is 4.12. The van der Waals surface area contributed by atoms with Crippen molar-refractivity contribution >= 4 is 21.7 Å². The number of pyridine rings is 1. The molecule has 0 unspecified atom stereocenters. The average Bonchev–Trinajstić information content (AvgIpc) is 2.17. The quantitative estimate of drug-likeness (QED) is 0.684. The molecule has 0 spiro atoms. The number of aromatic nitrogens is 1. The van der Waals surface area contributed by atoms with E-state index in [-0.39, 0.29) is 10.9 Å². The molecule has 0 radical (unpaired) electrons. The van der Waals surface area contributed by atoms with E-state index in [0.717, 1.165) is 0 Å². The molecule has 0 aliphatic heterocycles. The zero-order valence-corrected chi connectivity index (χ0v) is 8.75. The van der Waals surface area contributed by atoms with E-state index in [0.29, 0.717) is 0 Å². The normalized spacial score (nSPS) is 11.7. The number of hydrogen-bond acceptors (Lipinski definition) is 1. The second-order valence-corrected chi connectivity index (χ2v) is 5.61. The number of fused-ring (bicyclic) bond motifs is 1. The molecule has 0 amide bonds. The molecule has 1 aromatic carbocycles. The first-order valence-electron chi connectivity index (χ1n) is 4.28. The molecule has 0 aliphatic carbocycles. The van der Waals surface area contributed by atoms with Gasteiger partial charge in [0.05, 0.1) is 0 Å². The maximum Gasteiger partial charge on any atom is 0.0346 e. The first-order chi connectivity index (χ1) is 6.27. The fourth-order valence-electron chi connectivity index (χ4n) is 1.35. The molecule has 0 aliphatic rings. The van der Waals surface area contributed by atoms with Crippen LogP contribution in [0.5, 0.6) is 0 Å². The number of nitrogens with zero attached hydrogens (tertiary/aromatic N) is 1. The van der Waals surface area contributed by atoms with Gasteiger partial charge in [-0.25, -0.2) is 10.9 Å². The lowest BCUT2D eigenvalue weighted by Crippen LogP contribution is -1.80. The van der Waals surface area contributed by atoms with E-state index in [2.05, 4.69) is 35.7 Å². The van der Waals surface area contributed by atoms with Crippen molar-refractivity contribution in [2.45, 2.75) is 4.90 Å². The molecule has 0 saturated heterocycles. The van der Waals surface area contributed by atoms with Gasteiger partial charge >= 0.3 is 0 Å². The van der Waals surface area contributed by atoms with Gasteiger partial charge in [-0.15, -0.1) is 0 Å². The Hall–Kier alpha value is -1.02. The van der Waals surface area contributed by atoms with Gasteiger partial charge in [-0.1, -0.05) is 6.07 Å². The largest absolute Gasteiger partial charge is 0.264 e. The van der Waals surface area contributed by atoms with Crippen LogP contribution in [0.1, 0.15) is 0 Å². The first kappa shape index (κ1) is 8.57. The summed E-state index contributed by atoms with van der Waals surface area (Å²) in [5.41, 5.74) is 0. The zero-order chi connectivity index (χ0) is 9.26. The zero-order valence-electron chi connectivity index (χ0n) is 7.86. The number of hydrogen-bond donors (Lipinski definition) is 1. The summed E-state index contributed by atoms with van der Waals surface area (Å²) in [7, 11) is 0.00344. The summed E-state index contributed by atoms with van der Waals surface area (Å²) in [6, 6.07) is 8.68. The minimum Gasteiger partial charge on any atom is -0.264 e. The highest BCUT2D eigenvalue weighted by atomic mass is 32.2. The molecule has 68 valence electrons. The molecule has 1 aromatic heterocycles. The fraction of sp³-hybridized carbons (Fsp3) is 0.182. The van der Waals surface area contributed by atoms with Crippen molar-refractivity contribution in [3.05, 3.63) is 36.7 Å². The Kier molecular flexibility index (Phi) is 2.23. The van der Waals surface area contributed by atoms with Crippen LogP contribution in [0.2, 0.25) is 0 Å². The summed E-state index contributed by atoms with van der Waals surface area (Å²) in [4.78, 5) is 5.56. The Morgan fingerprint density at radius 1 is 1.08 bits per heavy atom. The third-order valence-corrected chi connectivity index (χ3v) is 3.45. The molecule has 13 heavy (non-hydrogen) atoms. The van der Waals surface area contributed by atoms with Crippen LogP contribution >= 0.6 is 10.9 Å². The predicted octanol–water partition coefficient (Wildman–Crippen LogP) is 2.85. The summed E-state index contributed by atoms with van der Waals surface area (Å²) in [5.74, 6) is 0. The van der Waals surface area contributed by atoms with Crippen LogP contribution in [0.4, 0.5) is 0 Å². The lowest BCUT2D eigenvalue weighted by atomic mass is 10.2. The van der Waals surface area contributed by atoms with Crippen LogP contribution in [0, 0.1) is 0 Å². The van der Waals surface area contributed by atoms with Crippen molar-refractivity contribution in [1.82, 2.24) is 4.98 Å². The summed E-state index contributed by atoms with van der Waals surface area (Å²) in [5, 5.41) is 2.52. The molecule has 0 fully saturated rings. The number of rotatable bonds is 1. The number of thiol groups is 1. The van der Waals surface area contributed by atoms with Crippen LogP contribution in [-0.2, 0) is 0 Å². The van der Waals surface area contributed by atoms with Gasteiger partial charge in [0, 0.05) is 17.8 Å². The Balaban J connectivity index is 2.62. The van der Waals surface area contributed by atoms with E-state index in [1.807, 2.05) is 18.5 Å². The van der Waals surface area contributed by atoms with Crippen molar-refractivity contribution < 1.29 is 0 Å². The third kappa shape index (κ3) is 1.68. The highest BCUT2D eigenvalue weighted by Gasteiger charge is 1.97. The topological polar surface area (TPSA) is 12.9 Å². The second kappa shape index (κ2) is 3.38. The molecule has 1 heterocycles. The number of benzene rings is 1. The molecular weight excluding hydrogens is 178 g/mol. The third-order valence-electron chi connectivity index (χ3n) is 2.14. The first-order valence-corrected chi connectivity index (χ1v) is 6.52. The van der Waals surface area contributed by atoms with E-state index < -0.39 is 0 Å². The van der Waals surface area contributed by atoms with Crippen LogP contribution in [0.25, 0.3) is 10.8 Å². The predicted molar refractivity (Wildman–Crippen MR) is 60.8 cm³/mol. The lowest BCUT2D eigenvalue weighted by molar-refractivity contribution is 1.35. The fourth-order valence-corrected chi connectivity index (χ4v) is 2.12. The van der Waals surface area contributed by atoms with Gasteiger partial charge in [0.1, 0.15) is 0 Å². The molecular formula is C11H13NS. The Labute approximate surface area is 81.2 Å². The van der Waals surface area contributed by atoms with Gasteiger partial charge < -0.3 is 0 Å². The van der Waals surface area contributed by atoms with E-state index in [1.54, 1.807) is 0 Å². The summed E-state index contributed by atoms with van der Waals surface area (Å²) >= 11 is 0. The summed E-state index contributed by atoms with van der Waals surface area (Å²) in [6.07, 6.45) is 8.31. The van der Waals surface area contributed by atoms with Gasteiger partial charge in [-0.3, -0.25) is 4.98 Å². The molecule has 0 N–H and O–H groups in total. The van der Waals surface area contributed by atoms with E-state index in [1.165, 1.54) is 15.7 Å². The standard InChI is InChI=1S/C11H13NS/c1-13(2)11-4-3-9-5-6-12-8-10(9)7-11/h3-8,13H,1-2H3. The Morgan fingerprint density at radius 3 is 2.69 bits per heavy atom. The van der Waals surface area contributed by atoms with E-state index >= 15 is 0 Å². The molecule has 1 nitrogen and oxygen atoms in total.